The molecule has 61 heavy (non-hydrogen) atoms. The number of pyridine rings is 1. The number of carbonyl (C=O) groups excluding carboxylic acids is 2. The summed E-state index contributed by atoms with van der Waals surface area (Å²) in [4.78, 5) is 51.4. The van der Waals surface area contributed by atoms with Crippen LogP contribution in [-0.2, 0) is 27.5 Å². The van der Waals surface area contributed by atoms with Gasteiger partial charge >= 0.3 is 18.2 Å². The van der Waals surface area contributed by atoms with E-state index >= 15 is 0 Å². The highest BCUT2D eigenvalue weighted by molar-refractivity contribution is 5.85. The molecule has 4 N–H and O–H groups in total. The minimum Gasteiger partial charge on any atom is -0.387 e. The van der Waals surface area contributed by atoms with E-state index < -0.39 is 48.8 Å². The number of hydrogen-bond donors (Lipinski definition) is 4. The molecule has 2 saturated heterocycles. The number of aliphatic hydroxyl groups excluding tert-OH is 2. The monoisotopic (exact) mass is 843 g/mol. The summed E-state index contributed by atoms with van der Waals surface area (Å²) in [6.07, 6.45) is -7.79. The van der Waals surface area contributed by atoms with Crippen molar-refractivity contribution in [1.29, 1.82) is 0 Å². The summed E-state index contributed by atoms with van der Waals surface area (Å²) in [5, 5.41) is 40.9. The van der Waals surface area contributed by atoms with Crippen LogP contribution in [0.25, 0.3) is 11.2 Å². The Morgan fingerprint density at radius 3 is 2.36 bits per heavy atom. The van der Waals surface area contributed by atoms with Gasteiger partial charge in [-0.1, -0.05) is 66.7 Å². The lowest BCUT2D eigenvalue weighted by molar-refractivity contribution is -0.232. The molecule has 4 aromatic heterocycles. The Kier molecular flexibility index (Phi) is 11.7. The number of nitrogens with one attached hydrogen (secondary N) is 2. The van der Waals surface area contributed by atoms with Crippen LogP contribution in [-0.4, -0.2) is 116 Å². The van der Waals surface area contributed by atoms with Crippen LogP contribution in [0.5, 0.6) is 0 Å². The number of alkyl halides is 3. The highest BCUT2D eigenvalue weighted by atomic mass is 19.4. The molecule has 0 spiro atoms. The molecule has 22 heteroatoms. The zero-order valence-electron chi connectivity index (χ0n) is 32.4. The van der Waals surface area contributed by atoms with Gasteiger partial charge < -0.3 is 35.3 Å². The van der Waals surface area contributed by atoms with Crippen molar-refractivity contribution in [3.8, 4) is 0 Å². The summed E-state index contributed by atoms with van der Waals surface area (Å²) in [5.41, 5.74) is 2.90. The Balaban J connectivity index is 1.13. The fourth-order valence-electron chi connectivity index (χ4n) is 7.24. The Morgan fingerprint density at radius 1 is 0.984 bits per heavy atom. The van der Waals surface area contributed by atoms with Crippen molar-refractivity contribution in [3.05, 3.63) is 114 Å². The highest BCUT2D eigenvalue weighted by Crippen LogP contribution is 2.39. The molecule has 6 heterocycles. The van der Waals surface area contributed by atoms with Crippen LogP contribution in [0.3, 0.4) is 0 Å². The molecule has 8 rings (SSSR count). The number of urea groups is 1. The van der Waals surface area contributed by atoms with Crippen molar-refractivity contribution in [1.82, 2.24) is 55.1 Å². The maximum atomic E-state index is 13.5. The van der Waals surface area contributed by atoms with Crippen LogP contribution in [0, 0.1) is 0 Å². The third kappa shape index (κ3) is 8.76. The van der Waals surface area contributed by atoms with E-state index in [2.05, 4.69) is 40.8 Å². The van der Waals surface area contributed by atoms with E-state index in [1.165, 1.54) is 21.9 Å². The van der Waals surface area contributed by atoms with E-state index in [1.807, 2.05) is 67.6 Å². The van der Waals surface area contributed by atoms with Crippen molar-refractivity contribution in [2.75, 3.05) is 29.9 Å². The van der Waals surface area contributed by atoms with E-state index in [0.29, 0.717) is 23.8 Å². The third-order valence-corrected chi connectivity index (χ3v) is 10.3. The number of halogens is 3. The fraction of sp³-hybridized carbons (Fsp3) is 0.359. The standard InChI is InChI=1S/C39H40F3N13O6/c1-2-54-50-33(49-51-54)31-29(56)30(57)35(60-31)53-22-46-28-32(44-20-27(23-11-5-3-6-12-23)24-13-7-4-8-14-24)47-37(48-34(28)53)52-18-16-26(21-52)55(61-36(58)39(40,41)42)38(59)45-19-25-15-9-10-17-43-25/h3-15,17,22,26-27,29-31,35,56-57H,2,16,18-21H2,1H3,(H,45,59)(H,44,47,48)/t26-,29+,30+,31+,35-/m1/s1. The van der Waals surface area contributed by atoms with Crippen molar-refractivity contribution in [3.63, 3.8) is 0 Å². The summed E-state index contributed by atoms with van der Waals surface area (Å²) in [6.45, 7) is 2.37. The summed E-state index contributed by atoms with van der Waals surface area (Å²) in [5.74, 6) is -2.32. The lowest BCUT2D eigenvalue weighted by Gasteiger charge is -2.27. The van der Waals surface area contributed by atoms with Crippen molar-refractivity contribution >= 4 is 34.9 Å². The maximum Gasteiger partial charge on any atom is 0.493 e. The van der Waals surface area contributed by atoms with Gasteiger partial charge in [-0.15, -0.1) is 15.3 Å². The number of imidazole rings is 1. The number of hydrogen-bond acceptors (Lipinski definition) is 15. The quantitative estimate of drug-likeness (QED) is 0.130. The highest BCUT2D eigenvalue weighted by Gasteiger charge is 2.48. The van der Waals surface area contributed by atoms with E-state index in [1.54, 1.807) is 23.1 Å². The molecule has 0 unspecified atom stereocenters. The topological polar surface area (TPSA) is 224 Å². The Bertz CT molecular complexity index is 2400. The Morgan fingerprint density at radius 2 is 1.70 bits per heavy atom. The average molecular weight is 844 g/mol. The van der Waals surface area contributed by atoms with Crippen LogP contribution in [0.15, 0.2) is 91.4 Å². The van der Waals surface area contributed by atoms with Crippen LogP contribution in [0.2, 0.25) is 0 Å². The number of fused-ring (bicyclic) bond motifs is 1. The molecule has 5 atom stereocenters. The number of hydroxylamine groups is 2. The number of ether oxygens (including phenoxy) is 1. The first-order chi connectivity index (χ1) is 29.5. The molecule has 2 fully saturated rings. The number of rotatable bonds is 12. The molecule has 318 valence electrons. The first-order valence-corrected chi connectivity index (χ1v) is 19.4. The fourth-order valence-corrected chi connectivity index (χ4v) is 7.24. The summed E-state index contributed by atoms with van der Waals surface area (Å²) in [6, 6.07) is 22.5. The Labute approximate surface area is 345 Å². The number of anilines is 2. The second-order valence-corrected chi connectivity index (χ2v) is 14.3. The number of nitrogens with zero attached hydrogens (tertiary/aromatic N) is 11. The van der Waals surface area contributed by atoms with E-state index in [-0.39, 0.29) is 60.7 Å². The average Bonchev–Trinajstić information content (AvgIpc) is 4.10. The van der Waals surface area contributed by atoms with Gasteiger partial charge in [0.2, 0.25) is 11.8 Å². The van der Waals surface area contributed by atoms with Crippen molar-refractivity contribution in [2.24, 2.45) is 0 Å². The van der Waals surface area contributed by atoms with Gasteiger partial charge in [-0.25, -0.2) is 14.6 Å². The normalized spacial score (nSPS) is 20.3. The van der Waals surface area contributed by atoms with E-state index in [9.17, 15) is 33.0 Å². The summed E-state index contributed by atoms with van der Waals surface area (Å²) < 4.78 is 48.0. The molecule has 2 aliphatic heterocycles. The molecule has 19 nitrogen and oxygen atoms in total. The Hall–Kier alpha value is -6.78. The maximum absolute atomic E-state index is 13.5. The minimum absolute atomic E-state index is 0.0550. The van der Waals surface area contributed by atoms with E-state index in [0.717, 1.165) is 11.1 Å². The van der Waals surface area contributed by atoms with Crippen LogP contribution in [0.4, 0.5) is 29.7 Å². The van der Waals surface area contributed by atoms with Gasteiger partial charge in [-0.05, 0) is 41.8 Å². The molecule has 0 saturated carbocycles. The van der Waals surface area contributed by atoms with Crippen molar-refractivity contribution in [2.45, 2.75) is 69.1 Å². The predicted octanol–water partition coefficient (Wildman–Crippen LogP) is 3.27. The molecule has 0 radical (unpaired) electrons. The van der Waals surface area contributed by atoms with Crippen LogP contribution in [0.1, 0.15) is 54.2 Å². The number of aryl methyl sites for hydroxylation is 1. The number of aromatic nitrogens is 9. The van der Waals surface area contributed by atoms with Crippen LogP contribution < -0.4 is 15.5 Å². The largest absolute Gasteiger partial charge is 0.493 e. The third-order valence-electron chi connectivity index (χ3n) is 10.3. The molecule has 6 aromatic rings. The molecular weight excluding hydrogens is 804 g/mol. The molecule has 0 aliphatic carbocycles. The number of amides is 2. The SMILES string of the molecule is CCn1nnc([C@H]2O[C@@H](n3cnc4c(NCC(c5ccccc5)c5ccccc5)nc(N5CC[C@@H](N(OC(=O)C(F)(F)F)C(=O)NCc6ccccn6)C5)nc43)[C@@H](O)[C@@H]2O)n1. The number of benzene rings is 2. The van der Waals surface area contributed by atoms with Gasteiger partial charge in [-0.3, -0.25) is 9.55 Å². The smallest absolute Gasteiger partial charge is 0.387 e. The van der Waals surface area contributed by atoms with Crippen LogP contribution >= 0.6 is 0 Å². The molecule has 2 aliphatic rings. The summed E-state index contributed by atoms with van der Waals surface area (Å²) in [7, 11) is 0. The predicted molar refractivity (Wildman–Crippen MR) is 208 cm³/mol. The minimum atomic E-state index is -5.38. The lowest BCUT2D eigenvalue weighted by Crippen LogP contribution is -2.49. The first kappa shape index (κ1) is 41.0. The molecule has 2 aromatic carbocycles. The second kappa shape index (κ2) is 17.4. The summed E-state index contributed by atoms with van der Waals surface area (Å²) >= 11 is 0. The van der Waals surface area contributed by atoms with Gasteiger partial charge in [0, 0.05) is 31.7 Å². The molecular formula is C39H40F3N13O6. The lowest BCUT2D eigenvalue weighted by atomic mass is 9.91. The van der Waals surface area contributed by atoms with Gasteiger partial charge in [0.25, 0.3) is 0 Å². The number of carbonyl (C=O) groups is 2. The van der Waals surface area contributed by atoms with Gasteiger partial charge in [0.1, 0.15) is 12.2 Å². The van der Waals surface area contributed by atoms with E-state index in [4.69, 9.17) is 14.7 Å². The zero-order valence-corrected chi connectivity index (χ0v) is 32.4. The van der Waals surface area contributed by atoms with Gasteiger partial charge in [0.15, 0.2) is 29.3 Å². The molecule has 2 amide bonds. The molecule has 0 bridgehead atoms. The van der Waals surface area contributed by atoms with Gasteiger partial charge in [-0.2, -0.15) is 27.9 Å². The first-order valence-electron chi connectivity index (χ1n) is 19.4. The zero-order chi connectivity index (χ0) is 42.7. The number of tetrazole rings is 1. The van der Waals surface area contributed by atoms with Gasteiger partial charge in [0.05, 0.1) is 31.2 Å². The van der Waals surface area contributed by atoms with Crippen molar-refractivity contribution < 1.29 is 42.5 Å². The number of aliphatic hydroxyl groups is 2. The second-order valence-electron chi connectivity index (χ2n) is 14.3.